The van der Waals surface area contributed by atoms with Crippen molar-refractivity contribution in [3.8, 4) is 5.88 Å². The number of carbonyl (C=O) groups is 1. The SMILES string of the molecule is C=CCn1c(O)c(C=Nc2ccc(C(=O)OCC[NH+](CC)CC)cc2)c(=O)[nH]c1=O. The Bertz CT molecular complexity index is 1020. The molecule has 0 fully saturated rings. The van der Waals surface area contributed by atoms with Gasteiger partial charge in [-0.2, -0.15) is 0 Å². The number of aliphatic imine (C=N–C) groups is 1. The van der Waals surface area contributed by atoms with Crippen LogP contribution in [0.15, 0.2) is 51.5 Å². The van der Waals surface area contributed by atoms with Crippen molar-refractivity contribution in [3.63, 3.8) is 0 Å². The van der Waals surface area contributed by atoms with Gasteiger partial charge < -0.3 is 14.7 Å². The van der Waals surface area contributed by atoms with E-state index in [0.29, 0.717) is 17.9 Å². The van der Waals surface area contributed by atoms with E-state index in [2.05, 4.69) is 30.4 Å². The monoisotopic (exact) mass is 415 g/mol. The van der Waals surface area contributed by atoms with Crippen molar-refractivity contribution < 1.29 is 19.5 Å². The van der Waals surface area contributed by atoms with Gasteiger partial charge in [-0.25, -0.2) is 9.59 Å². The number of benzene rings is 1. The minimum Gasteiger partial charge on any atom is -0.494 e. The lowest BCUT2D eigenvalue weighted by Crippen LogP contribution is -3.11. The Morgan fingerprint density at radius 2 is 1.93 bits per heavy atom. The molecule has 0 aliphatic carbocycles. The molecule has 2 rings (SSSR count). The third-order valence-corrected chi connectivity index (χ3v) is 4.65. The molecule has 0 aliphatic rings. The molecule has 0 amide bonds. The number of nitrogens with zero attached hydrogens (tertiary/aromatic N) is 2. The highest BCUT2D eigenvalue weighted by molar-refractivity contribution is 5.90. The molecule has 2 aromatic rings. The van der Waals surface area contributed by atoms with E-state index in [1.54, 1.807) is 24.3 Å². The molecule has 3 N–H and O–H groups in total. The number of quaternary nitrogens is 1. The van der Waals surface area contributed by atoms with Crippen LogP contribution in [-0.2, 0) is 11.3 Å². The summed E-state index contributed by atoms with van der Waals surface area (Å²) in [6.45, 7) is 10.8. The maximum Gasteiger partial charge on any atom is 0.338 e. The predicted octanol–water partition coefficient (Wildman–Crippen LogP) is 0.260. The predicted molar refractivity (Wildman–Crippen MR) is 114 cm³/mol. The lowest BCUT2D eigenvalue weighted by atomic mass is 10.2. The number of H-pyrrole nitrogens is 1. The van der Waals surface area contributed by atoms with Crippen LogP contribution in [0.25, 0.3) is 0 Å². The molecule has 0 aliphatic heterocycles. The summed E-state index contributed by atoms with van der Waals surface area (Å²) in [5.74, 6) is -0.911. The summed E-state index contributed by atoms with van der Waals surface area (Å²) in [6.07, 6.45) is 2.58. The summed E-state index contributed by atoms with van der Waals surface area (Å²) >= 11 is 0. The summed E-state index contributed by atoms with van der Waals surface area (Å²) < 4.78 is 6.26. The van der Waals surface area contributed by atoms with Gasteiger partial charge in [-0.05, 0) is 38.1 Å². The average molecular weight is 415 g/mol. The zero-order valence-corrected chi connectivity index (χ0v) is 17.2. The fraction of sp³-hybridized carbons (Fsp3) is 0.333. The lowest BCUT2D eigenvalue weighted by Gasteiger charge is -2.14. The minimum absolute atomic E-state index is 0.0366. The van der Waals surface area contributed by atoms with Crippen LogP contribution in [0.4, 0.5) is 5.69 Å². The number of aromatic nitrogens is 2. The van der Waals surface area contributed by atoms with E-state index in [4.69, 9.17) is 4.74 Å². The number of aromatic amines is 1. The van der Waals surface area contributed by atoms with E-state index in [1.807, 2.05) is 0 Å². The van der Waals surface area contributed by atoms with Crippen LogP contribution < -0.4 is 16.1 Å². The van der Waals surface area contributed by atoms with Crippen LogP contribution in [0.1, 0.15) is 29.8 Å². The fourth-order valence-electron chi connectivity index (χ4n) is 2.79. The Kier molecular flexibility index (Phi) is 8.30. The van der Waals surface area contributed by atoms with E-state index >= 15 is 0 Å². The average Bonchev–Trinajstić information content (AvgIpc) is 2.74. The molecule has 0 spiro atoms. The van der Waals surface area contributed by atoms with Gasteiger partial charge >= 0.3 is 11.7 Å². The molecule has 1 aromatic carbocycles. The first-order valence-electron chi connectivity index (χ1n) is 9.73. The third-order valence-electron chi connectivity index (χ3n) is 4.65. The maximum atomic E-state index is 12.1. The molecule has 0 bridgehead atoms. The zero-order chi connectivity index (χ0) is 22.1. The first-order chi connectivity index (χ1) is 14.4. The molecule has 1 aromatic heterocycles. The number of esters is 1. The molecular weight excluding hydrogens is 388 g/mol. The standard InChI is InChI=1S/C21H26N4O5/c1-4-11-25-19(27)17(18(26)23-21(25)29)14-22-16-9-7-15(8-10-16)20(28)30-13-12-24(5-2)6-3/h4,7-10,14,27H,1,5-6,11-13H2,2-3H3,(H,23,26,29)/p+1. The summed E-state index contributed by atoms with van der Waals surface area (Å²) in [4.78, 5) is 43.4. The number of ether oxygens (including phenoxy) is 1. The molecule has 0 unspecified atom stereocenters. The number of carbonyl (C=O) groups excluding carboxylic acids is 1. The Balaban J connectivity index is 2.09. The van der Waals surface area contributed by atoms with E-state index in [9.17, 15) is 19.5 Å². The van der Waals surface area contributed by atoms with Gasteiger partial charge in [0.2, 0.25) is 5.88 Å². The molecule has 30 heavy (non-hydrogen) atoms. The van der Waals surface area contributed by atoms with E-state index in [1.165, 1.54) is 11.0 Å². The van der Waals surface area contributed by atoms with Crippen LogP contribution >= 0.6 is 0 Å². The second kappa shape index (κ2) is 10.9. The van der Waals surface area contributed by atoms with Gasteiger partial charge in [0.25, 0.3) is 5.56 Å². The molecule has 160 valence electrons. The number of rotatable bonds is 10. The first-order valence-corrected chi connectivity index (χ1v) is 9.73. The van der Waals surface area contributed by atoms with Crippen molar-refractivity contribution in [2.75, 3.05) is 26.2 Å². The van der Waals surface area contributed by atoms with Crippen molar-refractivity contribution in [1.82, 2.24) is 9.55 Å². The van der Waals surface area contributed by atoms with E-state index < -0.39 is 23.1 Å². The number of nitrogens with one attached hydrogen (secondary N) is 2. The molecule has 1 heterocycles. The van der Waals surface area contributed by atoms with Crippen molar-refractivity contribution in [2.24, 2.45) is 4.99 Å². The Hall–Kier alpha value is -3.46. The molecule has 0 radical (unpaired) electrons. The number of hydrogen-bond donors (Lipinski definition) is 3. The van der Waals surface area contributed by atoms with Gasteiger partial charge in [-0.1, -0.05) is 6.08 Å². The Morgan fingerprint density at radius 3 is 2.53 bits per heavy atom. The number of allylic oxidation sites excluding steroid dienone is 1. The topological polar surface area (TPSA) is 118 Å². The van der Waals surface area contributed by atoms with Crippen LogP contribution in [0, 0.1) is 0 Å². The maximum absolute atomic E-state index is 12.1. The number of hydrogen-bond acceptors (Lipinski definition) is 6. The van der Waals surface area contributed by atoms with E-state index in [0.717, 1.165) is 30.4 Å². The van der Waals surface area contributed by atoms with Crippen molar-refractivity contribution in [1.29, 1.82) is 0 Å². The highest BCUT2D eigenvalue weighted by Crippen LogP contribution is 2.15. The van der Waals surface area contributed by atoms with Gasteiger partial charge in [0.15, 0.2) is 0 Å². The third kappa shape index (κ3) is 5.77. The van der Waals surface area contributed by atoms with Crippen LogP contribution in [0.3, 0.4) is 0 Å². The molecule has 0 atom stereocenters. The minimum atomic E-state index is -0.753. The number of aromatic hydroxyl groups is 1. The summed E-state index contributed by atoms with van der Waals surface area (Å²) in [7, 11) is 0. The first kappa shape index (κ1) is 22.8. The molecule has 9 nitrogen and oxygen atoms in total. The van der Waals surface area contributed by atoms with Crippen LogP contribution in [0.2, 0.25) is 0 Å². The highest BCUT2D eigenvalue weighted by atomic mass is 16.5. The Labute approximate surface area is 174 Å². The van der Waals surface area contributed by atoms with Crippen molar-refractivity contribution >= 4 is 17.9 Å². The van der Waals surface area contributed by atoms with Gasteiger partial charge in [0, 0.05) is 12.8 Å². The smallest absolute Gasteiger partial charge is 0.338 e. The number of likely N-dealkylation sites (N-methyl/N-ethyl adjacent to an activating group) is 1. The highest BCUT2D eigenvalue weighted by Gasteiger charge is 2.12. The Morgan fingerprint density at radius 1 is 1.27 bits per heavy atom. The second-order valence-electron chi connectivity index (χ2n) is 6.54. The second-order valence-corrected chi connectivity index (χ2v) is 6.54. The largest absolute Gasteiger partial charge is 0.494 e. The quantitative estimate of drug-likeness (QED) is 0.292. The summed E-state index contributed by atoms with van der Waals surface area (Å²) in [6, 6.07) is 6.32. The fourth-order valence-corrected chi connectivity index (χ4v) is 2.79. The summed E-state index contributed by atoms with van der Waals surface area (Å²) in [5.41, 5.74) is -0.793. The lowest BCUT2D eigenvalue weighted by molar-refractivity contribution is -0.896. The van der Waals surface area contributed by atoms with Crippen molar-refractivity contribution in [3.05, 3.63) is 68.9 Å². The molecule has 0 saturated heterocycles. The van der Waals surface area contributed by atoms with Gasteiger partial charge in [0.05, 0.1) is 24.3 Å². The molecular formula is C21H27N4O5+. The van der Waals surface area contributed by atoms with Crippen molar-refractivity contribution in [2.45, 2.75) is 20.4 Å². The van der Waals surface area contributed by atoms with Crippen LogP contribution in [0.5, 0.6) is 5.88 Å². The van der Waals surface area contributed by atoms with E-state index in [-0.39, 0.29) is 12.1 Å². The normalized spacial score (nSPS) is 11.2. The molecule has 9 heteroatoms. The molecule has 0 saturated carbocycles. The summed E-state index contributed by atoms with van der Waals surface area (Å²) in [5, 5.41) is 10.2. The zero-order valence-electron chi connectivity index (χ0n) is 17.2. The van der Waals surface area contributed by atoms with Gasteiger partial charge in [0.1, 0.15) is 18.7 Å². The van der Waals surface area contributed by atoms with Crippen LogP contribution in [-0.4, -0.2) is 53.1 Å². The van der Waals surface area contributed by atoms with Gasteiger partial charge in [-0.3, -0.25) is 19.3 Å². The van der Waals surface area contributed by atoms with Gasteiger partial charge in [-0.15, -0.1) is 6.58 Å².